The molecule has 1 aliphatic heterocycles. The van der Waals surface area contributed by atoms with Gasteiger partial charge >= 0.3 is 0 Å². The fraction of sp³-hybridized carbons (Fsp3) is 0.571. The van der Waals surface area contributed by atoms with Gasteiger partial charge in [-0.05, 0) is 26.0 Å². The zero-order chi connectivity index (χ0) is 13.8. The van der Waals surface area contributed by atoms with Crippen molar-refractivity contribution in [3.63, 3.8) is 0 Å². The molecule has 1 saturated heterocycles. The highest BCUT2D eigenvalue weighted by molar-refractivity contribution is 7.99. The maximum Gasteiger partial charge on any atom is 0.272 e. The van der Waals surface area contributed by atoms with E-state index in [1.807, 2.05) is 28.8 Å². The van der Waals surface area contributed by atoms with Gasteiger partial charge in [0.05, 0.1) is 0 Å². The van der Waals surface area contributed by atoms with Crippen molar-refractivity contribution in [1.29, 1.82) is 0 Å². The van der Waals surface area contributed by atoms with E-state index >= 15 is 0 Å². The molecule has 5 heteroatoms. The van der Waals surface area contributed by atoms with Crippen molar-refractivity contribution in [3.05, 3.63) is 23.9 Å². The molecule has 2 rings (SSSR count). The lowest BCUT2D eigenvalue weighted by Crippen LogP contribution is -2.41. The zero-order valence-corrected chi connectivity index (χ0v) is 12.5. The number of nitrogens with zero attached hydrogens (tertiary/aromatic N) is 2. The molecule has 1 aromatic rings. The summed E-state index contributed by atoms with van der Waals surface area (Å²) in [6, 6.07) is 5.88. The number of amides is 1. The molecule has 1 fully saturated rings. The number of nitrogens with one attached hydrogen (secondary N) is 1. The first-order chi connectivity index (χ1) is 9.06. The van der Waals surface area contributed by atoms with Gasteiger partial charge in [0.25, 0.3) is 5.91 Å². The Labute approximate surface area is 119 Å². The summed E-state index contributed by atoms with van der Waals surface area (Å²) in [6.07, 6.45) is 0. The molecule has 4 nitrogen and oxygen atoms in total. The summed E-state index contributed by atoms with van der Waals surface area (Å²) in [5, 5.41) is 3.73. The third-order valence-electron chi connectivity index (χ3n) is 2.93. The van der Waals surface area contributed by atoms with Gasteiger partial charge in [-0.25, -0.2) is 4.98 Å². The van der Waals surface area contributed by atoms with Gasteiger partial charge in [0.2, 0.25) is 0 Å². The van der Waals surface area contributed by atoms with Crippen molar-refractivity contribution in [2.75, 3.05) is 24.2 Å². The lowest BCUT2D eigenvalue weighted by molar-refractivity contribution is 0.0757. The summed E-state index contributed by atoms with van der Waals surface area (Å²) >= 11 is 1.92. The highest BCUT2D eigenvalue weighted by Crippen LogP contribution is 2.19. The van der Waals surface area contributed by atoms with Gasteiger partial charge < -0.3 is 10.2 Å². The highest BCUT2D eigenvalue weighted by atomic mass is 32.2. The van der Waals surface area contributed by atoms with Gasteiger partial charge in [-0.3, -0.25) is 4.79 Å². The molecule has 0 aliphatic carbocycles. The summed E-state index contributed by atoms with van der Waals surface area (Å²) in [6.45, 7) is 7.90. The Balaban J connectivity index is 2.10. The smallest absolute Gasteiger partial charge is 0.272 e. The highest BCUT2D eigenvalue weighted by Gasteiger charge is 2.23. The van der Waals surface area contributed by atoms with Crippen LogP contribution in [0.4, 0.5) is 5.82 Å². The Bertz CT molecular complexity index is 450. The van der Waals surface area contributed by atoms with Crippen LogP contribution in [-0.4, -0.2) is 45.9 Å². The Morgan fingerprint density at radius 3 is 3.00 bits per heavy atom. The van der Waals surface area contributed by atoms with Crippen molar-refractivity contribution < 1.29 is 4.79 Å². The fourth-order valence-electron chi connectivity index (χ4n) is 2.09. The third kappa shape index (κ3) is 3.86. The minimum atomic E-state index is 0.0413. The first-order valence-corrected chi connectivity index (χ1v) is 7.75. The van der Waals surface area contributed by atoms with Crippen molar-refractivity contribution >= 4 is 23.5 Å². The molecule has 0 radical (unpaired) electrons. The third-order valence-corrected chi connectivity index (χ3v) is 4.07. The number of carbonyl (C=O) groups is 1. The van der Waals surface area contributed by atoms with E-state index in [2.05, 4.69) is 31.1 Å². The minimum Gasteiger partial charge on any atom is -0.368 e. The summed E-state index contributed by atoms with van der Waals surface area (Å²) in [4.78, 5) is 18.7. The van der Waals surface area contributed by atoms with Crippen molar-refractivity contribution in [2.24, 2.45) is 0 Å². The predicted octanol–water partition coefficient (Wildman–Crippen LogP) is 2.48. The number of pyridine rings is 1. The second kappa shape index (κ2) is 6.28. The number of rotatable bonds is 3. The number of hydrogen-bond acceptors (Lipinski definition) is 4. The van der Waals surface area contributed by atoms with Crippen LogP contribution < -0.4 is 5.32 Å². The van der Waals surface area contributed by atoms with Crippen LogP contribution in [0.3, 0.4) is 0 Å². The molecule has 104 valence electrons. The van der Waals surface area contributed by atoms with E-state index in [1.165, 1.54) is 0 Å². The van der Waals surface area contributed by atoms with Crippen molar-refractivity contribution in [1.82, 2.24) is 9.88 Å². The van der Waals surface area contributed by atoms with Crippen LogP contribution in [0.2, 0.25) is 0 Å². The van der Waals surface area contributed by atoms with E-state index in [9.17, 15) is 4.79 Å². The lowest BCUT2D eigenvalue weighted by Gasteiger charge is -2.30. The van der Waals surface area contributed by atoms with Crippen LogP contribution in [0.25, 0.3) is 0 Å². The Hall–Kier alpha value is -1.23. The van der Waals surface area contributed by atoms with Crippen molar-refractivity contribution in [2.45, 2.75) is 32.1 Å². The van der Waals surface area contributed by atoms with Crippen LogP contribution in [0.5, 0.6) is 0 Å². The number of carbonyl (C=O) groups excluding carboxylic acids is 1. The second-order valence-corrected chi connectivity index (χ2v) is 6.69. The molecule has 0 aromatic carbocycles. The van der Waals surface area contributed by atoms with Gasteiger partial charge in [0, 0.05) is 30.1 Å². The fourth-order valence-corrected chi connectivity index (χ4v) is 3.11. The number of anilines is 1. The molecule has 1 aromatic heterocycles. The number of thioether (sulfide) groups is 1. The number of hydrogen-bond donors (Lipinski definition) is 1. The van der Waals surface area contributed by atoms with Crippen molar-refractivity contribution in [3.8, 4) is 0 Å². The van der Waals surface area contributed by atoms with Gasteiger partial charge in [-0.15, -0.1) is 0 Å². The largest absolute Gasteiger partial charge is 0.368 e. The van der Waals surface area contributed by atoms with E-state index in [-0.39, 0.29) is 5.91 Å². The summed E-state index contributed by atoms with van der Waals surface area (Å²) in [5.41, 5.74) is 0.532. The Kier molecular flexibility index (Phi) is 4.69. The van der Waals surface area contributed by atoms with E-state index in [0.29, 0.717) is 17.0 Å². The van der Waals surface area contributed by atoms with E-state index < -0.39 is 0 Å². The average molecular weight is 279 g/mol. The Morgan fingerprint density at radius 1 is 1.53 bits per heavy atom. The van der Waals surface area contributed by atoms with Crippen LogP contribution in [0.15, 0.2) is 18.2 Å². The SMILES string of the molecule is CC(C)Nc1cccc(C(=O)N2CCSC(C)C2)n1. The molecule has 2 heterocycles. The van der Waals surface area contributed by atoms with E-state index in [0.717, 1.165) is 24.7 Å². The molecular weight excluding hydrogens is 258 g/mol. The van der Waals surface area contributed by atoms with Gasteiger partial charge in [-0.2, -0.15) is 11.8 Å². The second-order valence-electron chi connectivity index (χ2n) is 5.14. The van der Waals surface area contributed by atoms with E-state index in [4.69, 9.17) is 0 Å². The normalized spacial score (nSPS) is 19.6. The molecule has 1 unspecified atom stereocenters. The standard InChI is InChI=1S/C14H21N3OS/c1-10(2)15-13-6-4-5-12(16-13)14(18)17-7-8-19-11(3)9-17/h4-6,10-11H,7-9H2,1-3H3,(H,15,16). The average Bonchev–Trinajstić information content (AvgIpc) is 2.37. The Morgan fingerprint density at radius 2 is 2.32 bits per heavy atom. The summed E-state index contributed by atoms with van der Waals surface area (Å²) < 4.78 is 0. The molecule has 0 saturated carbocycles. The van der Waals surface area contributed by atoms with Crippen LogP contribution in [0, 0.1) is 0 Å². The van der Waals surface area contributed by atoms with Crippen LogP contribution >= 0.6 is 11.8 Å². The molecule has 1 atom stereocenters. The van der Waals surface area contributed by atoms with Crippen LogP contribution in [0.1, 0.15) is 31.3 Å². The first kappa shape index (κ1) is 14.2. The maximum atomic E-state index is 12.4. The quantitative estimate of drug-likeness (QED) is 0.923. The van der Waals surface area contributed by atoms with Crippen LogP contribution in [-0.2, 0) is 0 Å². The molecule has 1 aliphatic rings. The zero-order valence-electron chi connectivity index (χ0n) is 11.7. The molecular formula is C14H21N3OS. The van der Waals surface area contributed by atoms with Gasteiger partial charge in [-0.1, -0.05) is 13.0 Å². The minimum absolute atomic E-state index is 0.0413. The first-order valence-electron chi connectivity index (χ1n) is 6.70. The van der Waals surface area contributed by atoms with E-state index in [1.54, 1.807) is 6.07 Å². The summed E-state index contributed by atoms with van der Waals surface area (Å²) in [7, 11) is 0. The van der Waals surface area contributed by atoms with Gasteiger partial charge in [0.15, 0.2) is 0 Å². The molecule has 0 bridgehead atoms. The molecule has 1 N–H and O–H groups in total. The maximum absolute atomic E-state index is 12.4. The summed E-state index contributed by atoms with van der Waals surface area (Å²) in [5.74, 6) is 1.82. The molecule has 19 heavy (non-hydrogen) atoms. The lowest BCUT2D eigenvalue weighted by atomic mass is 10.2. The number of aromatic nitrogens is 1. The monoisotopic (exact) mass is 279 g/mol. The molecule has 1 amide bonds. The van der Waals surface area contributed by atoms with Gasteiger partial charge in [0.1, 0.15) is 11.5 Å². The predicted molar refractivity (Wildman–Crippen MR) is 80.8 cm³/mol. The topological polar surface area (TPSA) is 45.2 Å². The molecule has 0 spiro atoms.